The van der Waals surface area contributed by atoms with Crippen molar-refractivity contribution in [2.75, 3.05) is 25.6 Å². The smallest absolute Gasteiger partial charge is 0.295 e. The zero-order valence-corrected chi connectivity index (χ0v) is 16.5. The number of Topliss-reactive ketones (excluding diaryl/α,β-unsaturated/α-hetero) is 1. The normalized spacial score (nSPS) is 17.8. The number of non-ortho nitro benzene ring substituents is 1. The number of nitrogens with zero attached hydrogens (tertiary/aromatic N) is 2. The van der Waals surface area contributed by atoms with Gasteiger partial charge < -0.3 is 20.1 Å². The van der Waals surface area contributed by atoms with E-state index in [-0.39, 0.29) is 24.4 Å². The van der Waals surface area contributed by atoms with Crippen molar-refractivity contribution in [1.29, 1.82) is 0 Å². The Morgan fingerprint density at radius 3 is 2.33 bits per heavy atom. The second-order valence-electron chi connectivity index (χ2n) is 6.69. The molecule has 0 unspecified atom stereocenters. The van der Waals surface area contributed by atoms with Crippen molar-refractivity contribution < 1.29 is 24.4 Å². The fourth-order valence-electron chi connectivity index (χ4n) is 3.44. The number of hydrogen-bond donors (Lipinski definition) is 2. The first-order valence-electron chi connectivity index (χ1n) is 9.19. The first kappa shape index (κ1) is 21.0. The van der Waals surface area contributed by atoms with Crippen LogP contribution >= 0.6 is 0 Å². The summed E-state index contributed by atoms with van der Waals surface area (Å²) >= 11 is 0. The number of nitrogens with one attached hydrogen (secondary N) is 1. The fraction of sp³-hybridized carbons (Fsp3) is 0.238. The Morgan fingerprint density at radius 1 is 1.17 bits per heavy atom. The molecule has 30 heavy (non-hydrogen) atoms. The number of hydrogen-bond acceptors (Lipinski definition) is 7. The van der Waals surface area contributed by atoms with Crippen LogP contribution in [-0.2, 0) is 9.59 Å². The molecule has 3 rings (SSSR count). The lowest BCUT2D eigenvalue weighted by Gasteiger charge is -2.25. The van der Waals surface area contributed by atoms with Gasteiger partial charge in [0.05, 0.1) is 30.3 Å². The largest absolute Gasteiger partial charge is 0.497 e. The first-order valence-corrected chi connectivity index (χ1v) is 9.19. The van der Waals surface area contributed by atoms with E-state index in [2.05, 4.69) is 5.32 Å². The van der Waals surface area contributed by atoms with Crippen molar-refractivity contribution in [2.45, 2.75) is 13.0 Å². The number of aliphatic hydroxyl groups excluding tert-OH is 1. The Bertz CT molecular complexity index is 998. The molecule has 1 atom stereocenters. The molecule has 0 radical (unpaired) electrons. The summed E-state index contributed by atoms with van der Waals surface area (Å²) in [5, 5.41) is 23.5. The number of aliphatic hydroxyl groups is 1. The van der Waals surface area contributed by atoms with Crippen LogP contribution in [0.3, 0.4) is 0 Å². The van der Waals surface area contributed by atoms with Gasteiger partial charge in [0.15, 0.2) is 0 Å². The van der Waals surface area contributed by atoms with Crippen molar-refractivity contribution in [3.8, 4) is 5.75 Å². The zero-order valence-electron chi connectivity index (χ0n) is 16.5. The molecule has 9 heteroatoms. The van der Waals surface area contributed by atoms with Gasteiger partial charge in [-0.05, 0) is 48.9 Å². The second-order valence-corrected chi connectivity index (χ2v) is 6.69. The lowest BCUT2D eigenvalue weighted by atomic mass is 9.96. The van der Waals surface area contributed by atoms with Crippen molar-refractivity contribution in [3.63, 3.8) is 0 Å². The van der Waals surface area contributed by atoms with Crippen LogP contribution in [0.2, 0.25) is 0 Å². The van der Waals surface area contributed by atoms with Gasteiger partial charge in [0, 0.05) is 30.1 Å². The number of ketones is 1. The SMILES string of the molecule is COc1ccc(N/C(C)=C2/C(=O)C(=O)N(CCO)[C@H]2c2ccc([N+](=O)[O-])cc2)cc1. The Hall–Kier alpha value is -3.72. The van der Waals surface area contributed by atoms with E-state index in [1.165, 1.54) is 29.2 Å². The van der Waals surface area contributed by atoms with E-state index >= 15 is 0 Å². The summed E-state index contributed by atoms with van der Waals surface area (Å²) in [5.41, 5.74) is 1.85. The lowest BCUT2D eigenvalue weighted by molar-refractivity contribution is -0.384. The molecule has 1 heterocycles. The predicted octanol–water partition coefficient (Wildman–Crippen LogP) is 2.43. The molecule has 1 aliphatic heterocycles. The van der Waals surface area contributed by atoms with Crippen molar-refractivity contribution in [3.05, 3.63) is 75.5 Å². The number of carbonyl (C=O) groups excluding carboxylic acids is 2. The summed E-state index contributed by atoms with van der Waals surface area (Å²) in [7, 11) is 1.56. The Morgan fingerprint density at radius 2 is 1.80 bits per heavy atom. The van der Waals surface area contributed by atoms with E-state index in [0.29, 0.717) is 22.7 Å². The summed E-state index contributed by atoms with van der Waals surface area (Å²) in [6, 6.07) is 12.0. The molecule has 2 aromatic rings. The molecule has 9 nitrogen and oxygen atoms in total. The highest BCUT2D eigenvalue weighted by Crippen LogP contribution is 2.38. The maximum absolute atomic E-state index is 12.8. The van der Waals surface area contributed by atoms with Crippen LogP contribution in [0.25, 0.3) is 0 Å². The third-order valence-electron chi connectivity index (χ3n) is 4.87. The molecule has 0 saturated carbocycles. The summed E-state index contributed by atoms with van der Waals surface area (Å²) in [5.74, 6) is -0.723. The summed E-state index contributed by atoms with van der Waals surface area (Å²) in [6.07, 6.45) is 0. The van der Waals surface area contributed by atoms with Crippen LogP contribution in [0, 0.1) is 10.1 Å². The van der Waals surface area contributed by atoms with Gasteiger partial charge in [-0.3, -0.25) is 19.7 Å². The Labute approximate surface area is 172 Å². The van der Waals surface area contributed by atoms with Crippen LogP contribution in [0.5, 0.6) is 5.75 Å². The standard InChI is InChI=1S/C21H21N3O6/c1-13(22-15-5-9-17(30-2)10-6-15)18-19(23(11-12-25)21(27)20(18)26)14-3-7-16(8-4-14)24(28)29/h3-10,19,22,25H,11-12H2,1-2H3/b18-13+/t19-/m0/s1. The molecule has 1 fully saturated rings. The van der Waals surface area contributed by atoms with Gasteiger partial charge in [-0.15, -0.1) is 0 Å². The number of likely N-dealkylation sites (tertiary alicyclic amines) is 1. The number of anilines is 1. The van der Waals surface area contributed by atoms with E-state index in [1.54, 1.807) is 38.3 Å². The van der Waals surface area contributed by atoms with Gasteiger partial charge in [-0.25, -0.2) is 0 Å². The number of methoxy groups -OCH3 is 1. The Kier molecular flexibility index (Phi) is 6.12. The first-order chi connectivity index (χ1) is 14.4. The van der Waals surface area contributed by atoms with Crippen molar-refractivity contribution >= 4 is 23.1 Å². The minimum atomic E-state index is -0.760. The average molecular weight is 411 g/mol. The molecular weight excluding hydrogens is 390 g/mol. The van der Waals surface area contributed by atoms with Gasteiger partial charge in [-0.2, -0.15) is 0 Å². The maximum atomic E-state index is 12.8. The average Bonchev–Trinajstić information content (AvgIpc) is 2.99. The number of benzene rings is 2. The van der Waals surface area contributed by atoms with Gasteiger partial charge >= 0.3 is 0 Å². The summed E-state index contributed by atoms with van der Waals surface area (Å²) < 4.78 is 5.13. The molecule has 1 aliphatic rings. The zero-order chi connectivity index (χ0) is 21.8. The number of carbonyl (C=O) groups is 2. The van der Waals surface area contributed by atoms with Crippen LogP contribution in [0.1, 0.15) is 18.5 Å². The quantitative estimate of drug-likeness (QED) is 0.310. The van der Waals surface area contributed by atoms with E-state index in [9.17, 15) is 24.8 Å². The third kappa shape index (κ3) is 4.01. The molecule has 2 aromatic carbocycles. The third-order valence-corrected chi connectivity index (χ3v) is 4.87. The van der Waals surface area contributed by atoms with Crippen LogP contribution in [0.4, 0.5) is 11.4 Å². The van der Waals surface area contributed by atoms with Crippen molar-refractivity contribution in [2.24, 2.45) is 0 Å². The van der Waals surface area contributed by atoms with E-state index in [0.717, 1.165) is 0 Å². The molecule has 0 bridgehead atoms. The van der Waals surface area contributed by atoms with Crippen molar-refractivity contribution in [1.82, 2.24) is 4.90 Å². The van der Waals surface area contributed by atoms with Gasteiger partial charge in [-0.1, -0.05) is 0 Å². The van der Waals surface area contributed by atoms with E-state index < -0.39 is 22.7 Å². The number of ether oxygens (including phenoxy) is 1. The Balaban J connectivity index is 2.03. The number of β-amino-alcohol motifs (C(OH)–C–C–N with tert-alkyl or cyclic N) is 1. The van der Waals surface area contributed by atoms with Gasteiger partial charge in [0.25, 0.3) is 17.4 Å². The second kappa shape index (κ2) is 8.75. The van der Waals surface area contributed by atoms with Gasteiger partial charge in [0.1, 0.15) is 5.75 Å². The number of nitro groups is 1. The highest BCUT2D eigenvalue weighted by Gasteiger charge is 2.44. The molecule has 0 aliphatic carbocycles. The maximum Gasteiger partial charge on any atom is 0.295 e. The molecule has 1 amide bonds. The molecule has 1 saturated heterocycles. The number of amides is 1. The highest BCUT2D eigenvalue weighted by atomic mass is 16.6. The molecule has 2 N–H and O–H groups in total. The van der Waals surface area contributed by atoms with Gasteiger partial charge in [0.2, 0.25) is 0 Å². The molecular formula is C21H21N3O6. The monoisotopic (exact) mass is 411 g/mol. The van der Waals surface area contributed by atoms with Crippen LogP contribution in [-0.4, -0.2) is 46.9 Å². The topological polar surface area (TPSA) is 122 Å². The molecule has 0 aromatic heterocycles. The fourth-order valence-corrected chi connectivity index (χ4v) is 3.44. The van der Waals surface area contributed by atoms with Crippen LogP contribution < -0.4 is 10.1 Å². The lowest BCUT2D eigenvalue weighted by Crippen LogP contribution is -2.32. The summed E-state index contributed by atoms with van der Waals surface area (Å²) in [4.78, 5) is 37.1. The minimum Gasteiger partial charge on any atom is -0.497 e. The number of rotatable bonds is 7. The molecule has 0 spiro atoms. The molecule has 156 valence electrons. The summed E-state index contributed by atoms with van der Waals surface area (Å²) in [6.45, 7) is 1.33. The number of allylic oxidation sites excluding steroid dienone is 1. The van der Waals surface area contributed by atoms with E-state index in [1.807, 2.05) is 0 Å². The number of nitro benzene ring substituents is 1. The van der Waals surface area contributed by atoms with E-state index in [4.69, 9.17) is 4.74 Å². The highest BCUT2D eigenvalue weighted by molar-refractivity contribution is 6.45. The predicted molar refractivity (Wildman–Crippen MR) is 109 cm³/mol. The minimum absolute atomic E-state index is 0.0362. The van der Waals surface area contributed by atoms with Crippen LogP contribution in [0.15, 0.2) is 59.8 Å².